The van der Waals surface area contributed by atoms with Gasteiger partial charge in [-0.15, -0.1) is 0 Å². The lowest BCUT2D eigenvalue weighted by molar-refractivity contribution is 0.0949. The van der Waals surface area contributed by atoms with E-state index in [2.05, 4.69) is 20.6 Å². The number of hydrogen-bond donors (Lipinski definition) is 1. The predicted octanol–water partition coefficient (Wildman–Crippen LogP) is 1.24. The minimum atomic E-state index is -0.202. The molecule has 0 radical (unpaired) electrons. The first-order valence-electron chi connectivity index (χ1n) is 6.64. The SMILES string of the molecule is Cc1nc(CCNC(=O)c2nn(C)c3ccccc23)no1. The Morgan fingerprint density at radius 2 is 2.19 bits per heavy atom. The van der Waals surface area contributed by atoms with Gasteiger partial charge in [-0.1, -0.05) is 23.4 Å². The fraction of sp³-hybridized carbons (Fsp3) is 0.286. The van der Waals surface area contributed by atoms with E-state index in [0.29, 0.717) is 30.4 Å². The number of hydrogen-bond acceptors (Lipinski definition) is 5. The van der Waals surface area contributed by atoms with Crippen LogP contribution in [0.3, 0.4) is 0 Å². The van der Waals surface area contributed by atoms with Crippen molar-refractivity contribution in [3.05, 3.63) is 41.7 Å². The van der Waals surface area contributed by atoms with Gasteiger partial charge in [0.15, 0.2) is 11.5 Å². The van der Waals surface area contributed by atoms with Crippen LogP contribution in [0.1, 0.15) is 22.2 Å². The summed E-state index contributed by atoms with van der Waals surface area (Å²) in [5.74, 6) is 0.901. The van der Waals surface area contributed by atoms with Gasteiger partial charge in [0.05, 0.1) is 5.52 Å². The molecule has 7 heteroatoms. The van der Waals surface area contributed by atoms with Crippen molar-refractivity contribution in [2.75, 3.05) is 6.54 Å². The zero-order chi connectivity index (χ0) is 14.8. The molecule has 2 aromatic heterocycles. The van der Waals surface area contributed by atoms with Crippen molar-refractivity contribution < 1.29 is 9.32 Å². The number of fused-ring (bicyclic) bond motifs is 1. The number of aryl methyl sites for hydroxylation is 2. The number of para-hydroxylation sites is 1. The summed E-state index contributed by atoms with van der Waals surface area (Å²) in [4.78, 5) is 16.3. The molecule has 0 aliphatic heterocycles. The number of aromatic nitrogens is 4. The third-order valence-corrected chi connectivity index (χ3v) is 3.18. The largest absolute Gasteiger partial charge is 0.350 e. The van der Waals surface area contributed by atoms with E-state index in [9.17, 15) is 4.79 Å². The molecule has 0 bridgehead atoms. The lowest BCUT2D eigenvalue weighted by atomic mass is 10.2. The summed E-state index contributed by atoms with van der Waals surface area (Å²) in [5, 5.41) is 11.7. The molecule has 21 heavy (non-hydrogen) atoms. The maximum Gasteiger partial charge on any atom is 0.272 e. The first-order valence-corrected chi connectivity index (χ1v) is 6.64. The molecule has 0 aliphatic carbocycles. The van der Waals surface area contributed by atoms with E-state index >= 15 is 0 Å². The molecule has 0 unspecified atom stereocenters. The molecular formula is C14H15N5O2. The van der Waals surface area contributed by atoms with Crippen molar-refractivity contribution in [2.24, 2.45) is 7.05 Å². The van der Waals surface area contributed by atoms with E-state index in [-0.39, 0.29) is 5.91 Å². The van der Waals surface area contributed by atoms with Gasteiger partial charge < -0.3 is 9.84 Å². The standard InChI is InChI=1S/C14H15N5O2/c1-9-16-12(18-21-9)7-8-15-14(20)13-10-5-3-4-6-11(10)19(2)17-13/h3-6H,7-8H2,1-2H3,(H,15,20). The molecule has 1 amide bonds. The van der Waals surface area contributed by atoms with Crippen LogP contribution in [0.25, 0.3) is 10.9 Å². The van der Waals surface area contributed by atoms with Crippen LogP contribution in [0.4, 0.5) is 0 Å². The molecule has 3 aromatic rings. The monoisotopic (exact) mass is 285 g/mol. The number of benzene rings is 1. The summed E-state index contributed by atoms with van der Waals surface area (Å²) in [6.45, 7) is 2.16. The topological polar surface area (TPSA) is 85.8 Å². The summed E-state index contributed by atoms with van der Waals surface area (Å²) < 4.78 is 6.58. The normalized spacial score (nSPS) is 11.0. The van der Waals surface area contributed by atoms with E-state index in [1.807, 2.05) is 31.3 Å². The second kappa shape index (κ2) is 5.35. The van der Waals surface area contributed by atoms with Gasteiger partial charge in [-0.3, -0.25) is 9.48 Å². The number of carbonyl (C=O) groups is 1. The van der Waals surface area contributed by atoms with Crippen molar-refractivity contribution >= 4 is 16.8 Å². The Balaban J connectivity index is 1.69. The summed E-state index contributed by atoms with van der Waals surface area (Å²) >= 11 is 0. The fourth-order valence-corrected chi connectivity index (χ4v) is 2.20. The van der Waals surface area contributed by atoms with Crippen LogP contribution in [0, 0.1) is 6.92 Å². The zero-order valence-corrected chi connectivity index (χ0v) is 11.8. The van der Waals surface area contributed by atoms with Crippen LogP contribution in [-0.4, -0.2) is 32.4 Å². The number of amides is 1. The number of carbonyl (C=O) groups excluding carboxylic acids is 1. The smallest absolute Gasteiger partial charge is 0.272 e. The number of rotatable bonds is 4. The minimum Gasteiger partial charge on any atom is -0.350 e. The quantitative estimate of drug-likeness (QED) is 0.779. The highest BCUT2D eigenvalue weighted by atomic mass is 16.5. The molecule has 0 spiro atoms. The molecule has 108 valence electrons. The Hall–Kier alpha value is -2.70. The average Bonchev–Trinajstić information content (AvgIpc) is 3.04. The molecule has 0 saturated heterocycles. The van der Waals surface area contributed by atoms with E-state index in [0.717, 1.165) is 10.9 Å². The van der Waals surface area contributed by atoms with Crippen LogP contribution in [0.15, 0.2) is 28.8 Å². The predicted molar refractivity (Wildman–Crippen MR) is 75.8 cm³/mol. The van der Waals surface area contributed by atoms with Gasteiger partial charge in [-0.2, -0.15) is 10.1 Å². The molecule has 1 aromatic carbocycles. The number of nitrogens with zero attached hydrogens (tertiary/aromatic N) is 4. The second-order valence-electron chi connectivity index (χ2n) is 4.72. The van der Waals surface area contributed by atoms with Crippen molar-refractivity contribution in [3.63, 3.8) is 0 Å². The lowest BCUT2D eigenvalue weighted by Gasteiger charge is -2.00. The first kappa shape index (κ1) is 13.3. The van der Waals surface area contributed by atoms with Gasteiger partial charge in [0.2, 0.25) is 5.89 Å². The average molecular weight is 285 g/mol. The highest BCUT2D eigenvalue weighted by molar-refractivity contribution is 6.04. The third-order valence-electron chi connectivity index (χ3n) is 3.18. The summed E-state index contributed by atoms with van der Waals surface area (Å²) in [6.07, 6.45) is 0.522. The molecule has 1 N–H and O–H groups in total. The molecule has 7 nitrogen and oxygen atoms in total. The highest BCUT2D eigenvalue weighted by Crippen LogP contribution is 2.17. The van der Waals surface area contributed by atoms with Gasteiger partial charge in [-0.25, -0.2) is 0 Å². The Morgan fingerprint density at radius 3 is 2.95 bits per heavy atom. The second-order valence-corrected chi connectivity index (χ2v) is 4.72. The maximum absolute atomic E-state index is 12.2. The van der Waals surface area contributed by atoms with E-state index in [1.165, 1.54) is 0 Å². The van der Waals surface area contributed by atoms with Gasteiger partial charge in [0, 0.05) is 32.3 Å². The summed E-state index contributed by atoms with van der Waals surface area (Å²) in [5.41, 5.74) is 1.36. The van der Waals surface area contributed by atoms with Crippen molar-refractivity contribution in [2.45, 2.75) is 13.3 Å². The van der Waals surface area contributed by atoms with Gasteiger partial charge in [-0.05, 0) is 6.07 Å². The zero-order valence-electron chi connectivity index (χ0n) is 11.8. The lowest BCUT2D eigenvalue weighted by Crippen LogP contribution is -2.26. The molecule has 0 saturated carbocycles. The van der Waals surface area contributed by atoms with Crippen molar-refractivity contribution in [3.8, 4) is 0 Å². The van der Waals surface area contributed by atoms with Crippen molar-refractivity contribution in [1.29, 1.82) is 0 Å². The van der Waals surface area contributed by atoms with E-state index in [4.69, 9.17) is 4.52 Å². The Labute approximate surface area is 120 Å². The molecule has 2 heterocycles. The van der Waals surface area contributed by atoms with Gasteiger partial charge >= 0.3 is 0 Å². The third kappa shape index (κ3) is 2.62. The molecule has 0 atom stereocenters. The summed E-state index contributed by atoms with van der Waals surface area (Å²) in [6, 6.07) is 7.63. The van der Waals surface area contributed by atoms with Crippen LogP contribution in [-0.2, 0) is 13.5 Å². The Kier molecular flexibility index (Phi) is 3.39. The van der Waals surface area contributed by atoms with Crippen molar-refractivity contribution in [1.82, 2.24) is 25.2 Å². The molecule has 3 rings (SSSR count). The van der Waals surface area contributed by atoms with Crippen LogP contribution >= 0.6 is 0 Å². The van der Waals surface area contributed by atoms with E-state index < -0.39 is 0 Å². The molecular weight excluding hydrogens is 270 g/mol. The van der Waals surface area contributed by atoms with Crippen LogP contribution in [0.5, 0.6) is 0 Å². The highest BCUT2D eigenvalue weighted by Gasteiger charge is 2.15. The number of nitrogens with one attached hydrogen (secondary N) is 1. The van der Waals surface area contributed by atoms with Gasteiger partial charge in [0.1, 0.15) is 0 Å². The van der Waals surface area contributed by atoms with Crippen LogP contribution in [0.2, 0.25) is 0 Å². The maximum atomic E-state index is 12.2. The fourth-order valence-electron chi connectivity index (χ4n) is 2.20. The van der Waals surface area contributed by atoms with Crippen LogP contribution < -0.4 is 5.32 Å². The van der Waals surface area contributed by atoms with E-state index in [1.54, 1.807) is 11.6 Å². The minimum absolute atomic E-state index is 0.202. The first-order chi connectivity index (χ1) is 10.1. The Bertz CT molecular complexity index is 790. The summed E-state index contributed by atoms with van der Waals surface area (Å²) in [7, 11) is 1.82. The molecule has 0 fully saturated rings. The Morgan fingerprint density at radius 1 is 1.38 bits per heavy atom. The molecule has 0 aliphatic rings. The van der Waals surface area contributed by atoms with Gasteiger partial charge in [0.25, 0.3) is 5.91 Å².